The molecular weight excluding hydrogens is 394 g/mol. The summed E-state index contributed by atoms with van der Waals surface area (Å²) < 4.78 is 13.1. The van der Waals surface area contributed by atoms with Gasteiger partial charge in [0, 0.05) is 38.2 Å². The third-order valence-corrected chi connectivity index (χ3v) is 5.35. The van der Waals surface area contributed by atoms with Gasteiger partial charge in [-0.3, -0.25) is 9.69 Å². The molecule has 0 fully saturated rings. The van der Waals surface area contributed by atoms with Crippen LogP contribution in [0, 0.1) is 0 Å². The maximum atomic E-state index is 12.3. The number of furan rings is 1. The van der Waals surface area contributed by atoms with E-state index in [1.165, 1.54) is 6.26 Å². The minimum atomic E-state index is -0.279. The number of aromatic nitrogens is 3. The van der Waals surface area contributed by atoms with E-state index in [9.17, 15) is 4.79 Å². The molecule has 0 radical (unpaired) electrons. The molecule has 3 aromatic rings. The van der Waals surface area contributed by atoms with Gasteiger partial charge >= 0.3 is 0 Å². The van der Waals surface area contributed by atoms with Gasteiger partial charge in [0.15, 0.2) is 11.6 Å². The van der Waals surface area contributed by atoms with Crippen molar-refractivity contribution in [1.82, 2.24) is 25.0 Å². The fourth-order valence-corrected chi connectivity index (χ4v) is 3.77. The molecule has 0 saturated carbocycles. The third kappa shape index (κ3) is 4.86. The van der Waals surface area contributed by atoms with E-state index >= 15 is 0 Å². The van der Waals surface area contributed by atoms with Crippen molar-refractivity contribution in [2.75, 3.05) is 19.7 Å². The summed E-state index contributed by atoms with van der Waals surface area (Å²) in [6.45, 7) is 9.41. The molecule has 4 rings (SSSR count). The summed E-state index contributed by atoms with van der Waals surface area (Å²) in [4.78, 5) is 14.7. The summed E-state index contributed by atoms with van der Waals surface area (Å²) in [7, 11) is 0. The Bertz CT molecular complexity index is 1030. The fourth-order valence-electron chi connectivity index (χ4n) is 3.77. The van der Waals surface area contributed by atoms with Gasteiger partial charge in [0.2, 0.25) is 0 Å². The standard InChI is InChI=1S/C23H27N5O3/c1-3-14-30-19-8-5-4-7-18(19)16-27-11-10-21-25-26-22(28(21)13-12-27)17(2)24-23(29)20-9-6-15-31-20/h3-9,15,17H,1,10-14,16H2,2H3,(H,24,29). The Morgan fingerprint density at radius 3 is 2.94 bits per heavy atom. The number of hydrogen-bond acceptors (Lipinski definition) is 6. The minimum absolute atomic E-state index is 0.263. The lowest BCUT2D eigenvalue weighted by atomic mass is 10.2. The van der Waals surface area contributed by atoms with Crippen molar-refractivity contribution in [3.63, 3.8) is 0 Å². The lowest BCUT2D eigenvalue weighted by Crippen LogP contribution is -2.30. The number of para-hydroxylation sites is 1. The van der Waals surface area contributed by atoms with Crippen molar-refractivity contribution >= 4 is 5.91 Å². The molecule has 1 N–H and O–H groups in total. The average Bonchev–Trinajstić information content (AvgIpc) is 3.41. The highest BCUT2D eigenvalue weighted by molar-refractivity contribution is 5.91. The summed E-state index contributed by atoms with van der Waals surface area (Å²) in [5.74, 6) is 2.60. The Morgan fingerprint density at radius 2 is 2.13 bits per heavy atom. The van der Waals surface area contributed by atoms with Gasteiger partial charge in [-0.15, -0.1) is 10.2 Å². The van der Waals surface area contributed by atoms with Gasteiger partial charge in [0.05, 0.1) is 12.3 Å². The van der Waals surface area contributed by atoms with Crippen LogP contribution in [0.15, 0.2) is 59.7 Å². The van der Waals surface area contributed by atoms with Crippen LogP contribution in [0.2, 0.25) is 0 Å². The smallest absolute Gasteiger partial charge is 0.287 e. The molecule has 0 saturated heterocycles. The van der Waals surface area contributed by atoms with Crippen LogP contribution >= 0.6 is 0 Å². The second kappa shape index (κ2) is 9.61. The third-order valence-electron chi connectivity index (χ3n) is 5.35. The highest BCUT2D eigenvalue weighted by Crippen LogP contribution is 2.22. The van der Waals surface area contributed by atoms with E-state index < -0.39 is 0 Å². The molecule has 2 aromatic heterocycles. The zero-order chi connectivity index (χ0) is 21.6. The molecule has 1 amide bonds. The van der Waals surface area contributed by atoms with Crippen molar-refractivity contribution in [3.05, 3.63) is 78.3 Å². The molecule has 162 valence electrons. The van der Waals surface area contributed by atoms with Gasteiger partial charge in [0.1, 0.15) is 18.2 Å². The van der Waals surface area contributed by atoms with E-state index in [0.717, 1.165) is 55.6 Å². The zero-order valence-corrected chi connectivity index (χ0v) is 17.7. The summed E-state index contributed by atoms with van der Waals surface area (Å²) >= 11 is 0. The first-order chi connectivity index (χ1) is 15.2. The topological polar surface area (TPSA) is 85.4 Å². The molecular formula is C23H27N5O3. The number of nitrogens with one attached hydrogen (secondary N) is 1. The lowest BCUT2D eigenvalue weighted by Gasteiger charge is -2.21. The van der Waals surface area contributed by atoms with Crippen LogP contribution in [-0.2, 0) is 19.5 Å². The summed E-state index contributed by atoms with van der Waals surface area (Å²) in [6.07, 6.45) is 4.03. The van der Waals surface area contributed by atoms with Crippen LogP contribution in [0.25, 0.3) is 0 Å². The first kappa shape index (κ1) is 20.9. The molecule has 0 bridgehead atoms. The second-order valence-corrected chi connectivity index (χ2v) is 7.53. The molecule has 31 heavy (non-hydrogen) atoms. The molecule has 0 spiro atoms. The summed E-state index contributed by atoms with van der Waals surface area (Å²) in [5.41, 5.74) is 1.15. The van der Waals surface area contributed by atoms with Gasteiger partial charge in [-0.05, 0) is 25.1 Å². The molecule has 1 aromatic carbocycles. The number of amides is 1. The van der Waals surface area contributed by atoms with E-state index in [1.54, 1.807) is 18.2 Å². The fraction of sp³-hybridized carbons (Fsp3) is 0.348. The van der Waals surface area contributed by atoms with Crippen LogP contribution in [0.5, 0.6) is 5.75 Å². The number of rotatable bonds is 8. The first-order valence-corrected chi connectivity index (χ1v) is 10.5. The predicted octanol–water partition coefficient (Wildman–Crippen LogP) is 2.99. The summed E-state index contributed by atoms with van der Waals surface area (Å²) in [6, 6.07) is 11.2. The van der Waals surface area contributed by atoms with Gasteiger partial charge in [-0.25, -0.2) is 0 Å². The Balaban J connectivity index is 1.41. The van der Waals surface area contributed by atoms with Crippen molar-refractivity contribution in [3.8, 4) is 5.75 Å². The Labute approximate surface area is 181 Å². The van der Waals surface area contributed by atoms with E-state index in [1.807, 2.05) is 25.1 Å². The van der Waals surface area contributed by atoms with Crippen LogP contribution < -0.4 is 10.1 Å². The molecule has 1 unspecified atom stereocenters. The van der Waals surface area contributed by atoms with Crippen LogP contribution in [0.3, 0.4) is 0 Å². The van der Waals surface area contributed by atoms with Crippen molar-refractivity contribution in [2.45, 2.75) is 32.5 Å². The highest BCUT2D eigenvalue weighted by Gasteiger charge is 2.24. The maximum absolute atomic E-state index is 12.3. The van der Waals surface area contributed by atoms with Crippen LogP contribution in [0.1, 0.15) is 40.7 Å². The predicted molar refractivity (Wildman–Crippen MR) is 116 cm³/mol. The normalized spacial score (nSPS) is 15.0. The molecule has 3 heterocycles. The molecule has 8 nitrogen and oxygen atoms in total. The van der Waals surface area contributed by atoms with Crippen LogP contribution in [-0.4, -0.2) is 45.3 Å². The zero-order valence-electron chi connectivity index (χ0n) is 17.7. The van der Waals surface area contributed by atoms with E-state index in [-0.39, 0.29) is 17.7 Å². The van der Waals surface area contributed by atoms with Crippen molar-refractivity contribution in [2.24, 2.45) is 0 Å². The minimum Gasteiger partial charge on any atom is -0.489 e. The van der Waals surface area contributed by atoms with Crippen molar-refractivity contribution in [1.29, 1.82) is 0 Å². The Hall–Kier alpha value is -3.39. The van der Waals surface area contributed by atoms with E-state index in [0.29, 0.717) is 6.61 Å². The van der Waals surface area contributed by atoms with Gasteiger partial charge < -0.3 is 19.0 Å². The van der Waals surface area contributed by atoms with E-state index in [4.69, 9.17) is 9.15 Å². The molecule has 1 atom stereocenters. The highest BCUT2D eigenvalue weighted by atomic mass is 16.5. The average molecular weight is 422 g/mol. The number of hydrogen-bond donors (Lipinski definition) is 1. The van der Waals surface area contributed by atoms with Gasteiger partial charge in [-0.1, -0.05) is 30.9 Å². The summed E-state index contributed by atoms with van der Waals surface area (Å²) in [5, 5.41) is 11.7. The number of ether oxygens (including phenoxy) is 1. The van der Waals surface area contributed by atoms with Gasteiger partial charge in [-0.2, -0.15) is 0 Å². The first-order valence-electron chi connectivity index (χ1n) is 10.5. The van der Waals surface area contributed by atoms with Crippen LogP contribution in [0.4, 0.5) is 0 Å². The van der Waals surface area contributed by atoms with E-state index in [2.05, 4.69) is 37.6 Å². The quantitative estimate of drug-likeness (QED) is 0.563. The number of benzene rings is 1. The molecule has 8 heteroatoms. The number of fused-ring (bicyclic) bond motifs is 1. The molecule has 1 aliphatic heterocycles. The number of carbonyl (C=O) groups excluding carboxylic acids is 1. The maximum Gasteiger partial charge on any atom is 0.287 e. The molecule has 1 aliphatic rings. The second-order valence-electron chi connectivity index (χ2n) is 7.53. The number of carbonyl (C=O) groups is 1. The Kier molecular flexibility index (Phi) is 6.47. The SMILES string of the molecule is C=CCOc1ccccc1CN1CCc2nnc(C(C)NC(=O)c3ccco3)n2CC1. The lowest BCUT2D eigenvalue weighted by molar-refractivity contribution is 0.0909. The largest absolute Gasteiger partial charge is 0.489 e. The number of nitrogens with zero attached hydrogens (tertiary/aromatic N) is 4. The monoisotopic (exact) mass is 421 g/mol. The van der Waals surface area contributed by atoms with Gasteiger partial charge in [0.25, 0.3) is 5.91 Å². The Morgan fingerprint density at radius 1 is 1.26 bits per heavy atom. The van der Waals surface area contributed by atoms with Crippen molar-refractivity contribution < 1.29 is 13.9 Å². The molecule has 0 aliphatic carbocycles.